The van der Waals surface area contributed by atoms with Gasteiger partial charge in [0.25, 0.3) is 0 Å². The van der Waals surface area contributed by atoms with Crippen molar-refractivity contribution in [1.29, 1.82) is 0 Å². The van der Waals surface area contributed by atoms with Gasteiger partial charge in [-0.05, 0) is 89.5 Å². The van der Waals surface area contributed by atoms with Crippen molar-refractivity contribution in [3.05, 3.63) is 218 Å². The van der Waals surface area contributed by atoms with Gasteiger partial charge in [0.1, 0.15) is 22.3 Å². The standard InChI is InChI=1S/C60H36N2O2/c1-2-14-40(15-3-1)61-52-24-8-5-17-43(52)49-34-37(28-31-54(49)61)38-29-32-55-50(35-38)51-36-39(41-20-12-22-47-44-18-6-10-26-57(44)63-59(41)47)30-33-56(51)62(55)53-25-9-4-16-42(53)46-21-13-23-48-45-19-7-11-27-58(45)64-60(46)48/h1-36H. The molecule has 0 radical (unpaired) electrons. The van der Waals surface area contributed by atoms with Crippen molar-refractivity contribution in [3.63, 3.8) is 0 Å². The van der Waals surface area contributed by atoms with Crippen LogP contribution in [-0.2, 0) is 0 Å². The molecule has 64 heavy (non-hydrogen) atoms. The van der Waals surface area contributed by atoms with E-state index in [-0.39, 0.29) is 0 Å². The molecular formula is C60H36N2O2. The van der Waals surface area contributed by atoms with Crippen LogP contribution in [0.4, 0.5) is 0 Å². The molecule has 14 rings (SSSR count). The van der Waals surface area contributed by atoms with Crippen LogP contribution in [0.3, 0.4) is 0 Å². The lowest BCUT2D eigenvalue weighted by molar-refractivity contribution is 0.669. The van der Waals surface area contributed by atoms with Crippen molar-refractivity contribution < 1.29 is 8.83 Å². The molecule has 0 saturated carbocycles. The van der Waals surface area contributed by atoms with Crippen LogP contribution in [0, 0.1) is 0 Å². The van der Waals surface area contributed by atoms with E-state index in [0.717, 1.165) is 94.1 Å². The summed E-state index contributed by atoms with van der Waals surface area (Å²) in [5, 5.41) is 9.29. The van der Waals surface area contributed by atoms with Crippen molar-refractivity contribution in [2.24, 2.45) is 0 Å². The van der Waals surface area contributed by atoms with Crippen LogP contribution in [-0.4, -0.2) is 9.13 Å². The first-order chi connectivity index (χ1) is 31.7. The maximum Gasteiger partial charge on any atom is 0.143 e. The third-order valence-electron chi connectivity index (χ3n) is 13.3. The summed E-state index contributed by atoms with van der Waals surface area (Å²) in [5.41, 5.74) is 17.1. The van der Waals surface area contributed by atoms with Gasteiger partial charge in [-0.25, -0.2) is 0 Å². The van der Waals surface area contributed by atoms with E-state index >= 15 is 0 Å². The summed E-state index contributed by atoms with van der Waals surface area (Å²) >= 11 is 0. The van der Waals surface area contributed by atoms with Crippen LogP contribution in [0.5, 0.6) is 0 Å². The van der Waals surface area contributed by atoms with E-state index in [0.29, 0.717) is 0 Å². The number of nitrogens with zero attached hydrogens (tertiary/aromatic N) is 2. The Morgan fingerprint density at radius 2 is 0.719 bits per heavy atom. The summed E-state index contributed by atoms with van der Waals surface area (Å²) < 4.78 is 18.0. The number of furan rings is 2. The van der Waals surface area contributed by atoms with E-state index in [1.165, 1.54) is 38.1 Å². The second kappa shape index (κ2) is 13.4. The van der Waals surface area contributed by atoms with Gasteiger partial charge >= 0.3 is 0 Å². The van der Waals surface area contributed by atoms with E-state index in [2.05, 4.69) is 215 Å². The number of hydrogen-bond acceptors (Lipinski definition) is 2. The summed E-state index contributed by atoms with van der Waals surface area (Å²) in [5.74, 6) is 0. The molecule has 0 N–H and O–H groups in total. The Balaban J connectivity index is 1.02. The lowest BCUT2D eigenvalue weighted by Crippen LogP contribution is -1.97. The normalized spacial score (nSPS) is 12.1. The van der Waals surface area contributed by atoms with Gasteiger partial charge in [0.05, 0.1) is 27.8 Å². The van der Waals surface area contributed by atoms with Gasteiger partial charge in [-0.1, -0.05) is 146 Å². The van der Waals surface area contributed by atoms with Gasteiger partial charge in [0.2, 0.25) is 0 Å². The Bertz CT molecular complexity index is 4200. The maximum atomic E-state index is 6.64. The van der Waals surface area contributed by atoms with Gasteiger partial charge in [0, 0.05) is 65.5 Å². The molecule has 4 heteroatoms. The quantitative estimate of drug-likeness (QED) is 0.173. The molecular weight excluding hydrogens is 781 g/mol. The van der Waals surface area contributed by atoms with E-state index < -0.39 is 0 Å². The molecule has 14 aromatic rings. The molecule has 0 aliphatic carbocycles. The molecule has 0 aliphatic rings. The van der Waals surface area contributed by atoms with E-state index in [1.807, 2.05) is 12.1 Å². The highest BCUT2D eigenvalue weighted by Crippen LogP contribution is 2.44. The molecule has 0 aliphatic heterocycles. The van der Waals surface area contributed by atoms with Gasteiger partial charge in [-0.15, -0.1) is 0 Å². The largest absolute Gasteiger partial charge is 0.455 e. The minimum Gasteiger partial charge on any atom is -0.455 e. The third kappa shape index (κ3) is 5.05. The summed E-state index contributed by atoms with van der Waals surface area (Å²) in [6, 6.07) is 78.5. The lowest BCUT2D eigenvalue weighted by atomic mass is 9.98. The van der Waals surface area contributed by atoms with Crippen LogP contribution in [0.15, 0.2) is 227 Å². The molecule has 0 saturated heterocycles. The SMILES string of the molecule is c1ccc(-n2c3ccccc3c3cc(-c4ccc5c(c4)c4cc(-c6cccc7c6oc6ccccc67)ccc4n5-c4ccccc4-c4cccc5c4oc4ccccc45)ccc32)cc1. The fraction of sp³-hybridized carbons (Fsp3) is 0. The van der Waals surface area contributed by atoms with Gasteiger partial charge in [0.15, 0.2) is 0 Å². The third-order valence-corrected chi connectivity index (χ3v) is 13.3. The molecule has 0 atom stereocenters. The summed E-state index contributed by atoms with van der Waals surface area (Å²) in [7, 11) is 0. The van der Waals surface area contributed by atoms with Gasteiger partial charge in [-0.3, -0.25) is 0 Å². The number of para-hydroxylation sites is 7. The highest BCUT2D eigenvalue weighted by molar-refractivity contribution is 6.16. The Morgan fingerprint density at radius 3 is 1.41 bits per heavy atom. The minimum atomic E-state index is 0.890. The zero-order valence-corrected chi connectivity index (χ0v) is 34.5. The predicted molar refractivity (Wildman–Crippen MR) is 266 cm³/mol. The first-order valence-electron chi connectivity index (χ1n) is 21.8. The second-order valence-electron chi connectivity index (χ2n) is 16.8. The Kier molecular flexibility index (Phi) is 7.36. The van der Waals surface area contributed by atoms with Crippen LogP contribution in [0.25, 0.3) is 132 Å². The second-order valence-corrected chi connectivity index (χ2v) is 16.8. The molecule has 4 heterocycles. The Morgan fingerprint density at radius 1 is 0.266 bits per heavy atom. The minimum absolute atomic E-state index is 0.890. The van der Waals surface area contributed by atoms with Crippen molar-refractivity contribution in [2.75, 3.05) is 0 Å². The Labute approximate surface area is 367 Å². The molecule has 0 unspecified atom stereocenters. The van der Waals surface area contributed by atoms with Crippen LogP contribution in [0.1, 0.15) is 0 Å². The zero-order chi connectivity index (χ0) is 41.9. The molecule has 0 fully saturated rings. The highest BCUT2D eigenvalue weighted by Gasteiger charge is 2.21. The highest BCUT2D eigenvalue weighted by atomic mass is 16.3. The molecule has 0 bridgehead atoms. The number of benzene rings is 10. The lowest BCUT2D eigenvalue weighted by Gasteiger charge is -2.14. The maximum absolute atomic E-state index is 6.64. The van der Waals surface area contributed by atoms with Gasteiger partial charge in [-0.2, -0.15) is 0 Å². The molecule has 4 nitrogen and oxygen atoms in total. The van der Waals surface area contributed by atoms with Crippen molar-refractivity contribution >= 4 is 87.5 Å². The van der Waals surface area contributed by atoms with Crippen LogP contribution < -0.4 is 0 Å². The summed E-state index contributed by atoms with van der Waals surface area (Å²) in [6.45, 7) is 0. The van der Waals surface area contributed by atoms with Gasteiger partial charge < -0.3 is 18.0 Å². The average Bonchev–Trinajstić information content (AvgIpc) is 4.11. The van der Waals surface area contributed by atoms with Crippen molar-refractivity contribution in [2.45, 2.75) is 0 Å². The average molecular weight is 817 g/mol. The number of fused-ring (bicyclic) bond motifs is 12. The topological polar surface area (TPSA) is 36.1 Å². The monoisotopic (exact) mass is 816 g/mol. The van der Waals surface area contributed by atoms with E-state index in [9.17, 15) is 0 Å². The number of hydrogen-bond donors (Lipinski definition) is 0. The van der Waals surface area contributed by atoms with E-state index in [4.69, 9.17) is 8.83 Å². The Hall–Kier alpha value is -8.60. The predicted octanol–water partition coefficient (Wildman–Crippen LogP) is 16.7. The first kappa shape index (κ1) is 35.0. The fourth-order valence-electron chi connectivity index (χ4n) is 10.5. The van der Waals surface area contributed by atoms with Crippen LogP contribution in [0.2, 0.25) is 0 Å². The van der Waals surface area contributed by atoms with E-state index in [1.54, 1.807) is 0 Å². The first-order valence-corrected chi connectivity index (χ1v) is 21.8. The van der Waals surface area contributed by atoms with Crippen molar-refractivity contribution in [1.82, 2.24) is 9.13 Å². The zero-order valence-electron chi connectivity index (χ0n) is 34.5. The number of aromatic nitrogens is 2. The molecule has 0 amide bonds. The summed E-state index contributed by atoms with van der Waals surface area (Å²) in [4.78, 5) is 0. The summed E-state index contributed by atoms with van der Waals surface area (Å²) in [6.07, 6.45) is 0. The molecule has 4 aromatic heterocycles. The van der Waals surface area contributed by atoms with Crippen molar-refractivity contribution in [3.8, 4) is 44.8 Å². The molecule has 0 spiro atoms. The van der Waals surface area contributed by atoms with Crippen LogP contribution >= 0.6 is 0 Å². The molecule has 298 valence electrons. The number of rotatable bonds is 5. The molecule has 10 aromatic carbocycles. The smallest absolute Gasteiger partial charge is 0.143 e. The fourth-order valence-corrected chi connectivity index (χ4v) is 10.5.